The normalized spacial score (nSPS) is 13.1. The molecule has 132 valence electrons. The van der Waals surface area contributed by atoms with Gasteiger partial charge in [0.1, 0.15) is 10.8 Å². The smallest absolute Gasteiger partial charge is 0.341 e. The van der Waals surface area contributed by atoms with E-state index in [1.807, 2.05) is 26.0 Å². The number of aromatic nitrogens is 1. The minimum atomic E-state index is -0.311. The number of aryl methyl sites for hydroxylation is 3. The largest absolute Gasteiger partial charge is 0.465 e. The van der Waals surface area contributed by atoms with Gasteiger partial charge < -0.3 is 15.4 Å². The number of thiophene rings is 1. The van der Waals surface area contributed by atoms with E-state index < -0.39 is 0 Å². The Morgan fingerprint density at radius 3 is 2.72 bits per heavy atom. The number of hydrogen-bond donors (Lipinski definition) is 2. The van der Waals surface area contributed by atoms with Crippen LogP contribution in [-0.2, 0) is 17.6 Å². The van der Waals surface area contributed by atoms with Crippen molar-refractivity contribution in [3.63, 3.8) is 0 Å². The van der Waals surface area contributed by atoms with Crippen LogP contribution in [0, 0.1) is 13.8 Å². The molecular weight excluding hydrogens is 354 g/mol. The van der Waals surface area contributed by atoms with Crippen LogP contribution < -0.4 is 10.6 Å². The third kappa shape index (κ3) is 3.99. The summed E-state index contributed by atoms with van der Waals surface area (Å²) in [5, 5.41) is 7.44. The summed E-state index contributed by atoms with van der Waals surface area (Å²) in [6.07, 6.45) is 4.17. The molecule has 0 spiro atoms. The van der Waals surface area contributed by atoms with Crippen molar-refractivity contribution < 1.29 is 9.53 Å². The van der Waals surface area contributed by atoms with Crippen LogP contribution in [-0.4, -0.2) is 23.2 Å². The Balaban J connectivity index is 1.83. The molecule has 5 nitrogen and oxygen atoms in total. The van der Waals surface area contributed by atoms with E-state index in [0.717, 1.165) is 47.5 Å². The minimum Gasteiger partial charge on any atom is -0.465 e. The first-order valence-electron chi connectivity index (χ1n) is 8.24. The van der Waals surface area contributed by atoms with E-state index in [4.69, 9.17) is 17.0 Å². The van der Waals surface area contributed by atoms with Crippen LogP contribution >= 0.6 is 23.6 Å². The highest BCUT2D eigenvalue weighted by Gasteiger charge is 2.26. The molecule has 0 bridgehead atoms. The standard InChI is InChI=1S/C18H21N3O2S2/c1-10-8-11(2)19-14(9-10)20-18(24)21-16-15(17(22)23-3)12-6-4-5-7-13(12)25-16/h8-9H,4-7H2,1-3H3,(H2,19,20,21,24). The van der Waals surface area contributed by atoms with Crippen molar-refractivity contribution in [1.82, 2.24) is 4.98 Å². The van der Waals surface area contributed by atoms with Crippen LogP contribution in [0.15, 0.2) is 12.1 Å². The zero-order chi connectivity index (χ0) is 18.0. The van der Waals surface area contributed by atoms with Gasteiger partial charge in [0.2, 0.25) is 0 Å². The molecule has 2 aromatic heterocycles. The van der Waals surface area contributed by atoms with E-state index in [1.54, 1.807) is 11.3 Å². The second-order valence-corrected chi connectivity index (χ2v) is 7.67. The van der Waals surface area contributed by atoms with Crippen LogP contribution in [0.2, 0.25) is 0 Å². The maximum atomic E-state index is 12.3. The Hall–Kier alpha value is -1.99. The van der Waals surface area contributed by atoms with Crippen LogP contribution in [0.5, 0.6) is 0 Å². The lowest BCUT2D eigenvalue weighted by atomic mass is 9.95. The highest BCUT2D eigenvalue weighted by Crippen LogP contribution is 2.38. The zero-order valence-electron chi connectivity index (χ0n) is 14.6. The van der Waals surface area contributed by atoms with Crippen molar-refractivity contribution in [2.45, 2.75) is 39.5 Å². The molecule has 2 heterocycles. The SMILES string of the molecule is COC(=O)c1c(NC(=S)Nc2cc(C)cc(C)n2)sc2c1CCCC2. The number of methoxy groups -OCH3 is 1. The van der Waals surface area contributed by atoms with E-state index in [-0.39, 0.29) is 5.97 Å². The van der Waals surface area contributed by atoms with Crippen LogP contribution in [0.25, 0.3) is 0 Å². The quantitative estimate of drug-likeness (QED) is 0.618. The molecule has 0 atom stereocenters. The Morgan fingerprint density at radius 1 is 1.24 bits per heavy atom. The maximum Gasteiger partial charge on any atom is 0.341 e. The number of nitrogens with zero attached hydrogens (tertiary/aromatic N) is 1. The maximum absolute atomic E-state index is 12.3. The highest BCUT2D eigenvalue weighted by atomic mass is 32.1. The number of hydrogen-bond acceptors (Lipinski definition) is 5. The molecule has 1 aliphatic rings. The fourth-order valence-corrected chi connectivity index (χ4v) is 4.68. The average molecular weight is 376 g/mol. The summed E-state index contributed by atoms with van der Waals surface area (Å²) in [5.41, 5.74) is 3.77. The van der Waals surface area contributed by atoms with Crippen LogP contribution in [0.3, 0.4) is 0 Å². The van der Waals surface area contributed by atoms with Gasteiger partial charge in [0.05, 0.1) is 12.7 Å². The first-order valence-corrected chi connectivity index (χ1v) is 9.46. The van der Waals surface area contributed by atoms with Crippen molar-refractivity contribution in [2.24, 2.45) is 0 Å². The van der Waals surface area contributed by atoms with E-state index in [0.29, 0.717) is 16.5 Å². The van der Waals surface area contributed by atoms with Gasteiger partial charge in [0, 0.05) is 10.6 Å². The molecule has 0 saturated heterocycles. The number of ether oxygens (including phenoxy) is 1. The zero-order valence-corrected chi connectivity index (χ0v) is 16.2. The first-order chi connectivity index (χ1) is 12.0. The molecule has 7 heteroatoms. The van der Waals surface area contributed by atoms with Gasteiger partial charge in [-0.25, -0.2) is 9.78 Å². The van der Waals surface area contributed by atoms with E-state index in [2.05, 4.69) is 15.6 Å². The average Bonchev–Trinajstić information content (AvgIpc) is 2.90. The van der Waals surface area contributed by atoms with Crippen LogP contribution in [0.4, 0.5) is 10.8 Å². The second-order valence-electron chi connectivity index (χ2n) is 6.16. The number of esters is 1. The van der Waals surface area contributed by atoms with Gasteiger partial charge in [-0.3, -0.25) is 0 Å². The van der Waals surface area contributed by atoms with Crippen LogP contribution in [0.1, 0.15) is 44.9 Å². The molecule has 2 N–H and O–H groups in total. The topological polar surface area (TPSA) is 63.2 Å². The molecule has 3 rings (SSSR count). The van der Waals surface area contributed by atoms with Crippen molar-refractivity contribution >= 4 is 45.5 Å². The van der Waals surface area contributed by atoms with Gasteiger partial charge in [0.15, 0.2) is 5.11 Å². The number of carbonyl (C=O) groups is 1. The molecule has 0 aromatic carbocycles. The molecule has 0 amide bonds. The third-order valence-electron chi connectivity index (χ3n) is 4.13. The lowest BCUT2D eigenvalue weighted by Gasteiger charge is -2.12. The van der Waals surface area contributed by atoms with Crippen molar-refractivity contribution in [3.8, 4) is 0 Å². The van der Waals surface area contributed by atoms with E-state index >= 15 is 0 Å². The van der Waals surface area contributed by atoms with Gasteiger partial charge in [0.25, 0.3) is 0 Å². The van der Waals surface area contributed by atoms with Crippen molar-refractivity contribution in [3.05, 3.63) is 39.4 Å². The summed E-state index contributed by atoms with van der Waals surface area (Å²) >= 11 is 7.01. The number of nitrogens with one attached hydrogen (secondary N) is 2. The summed E-state index contributed by atoms with van der Waals surface area (Å²) in [7, 11) is 1.41. The fraction of sp³-hybridized carbons (Fsp3) is 0.389. The Bertz CT molecular complexity index is 810. The monoisotopic (exact) mass is 375 g/mol. The number of thiocarbonyl (C=S) groups is 1. The molecule has 0 radical (unpaired) electrons. The van der Waals surface area contributed by atoms with E-state index in [1.165, 1.54) is 12.0 Å². The number of fused-ring (bicyclic) bond motifs is 1. The summed E-state index contributed by atoms with van der Waals surface area (Å²) in [6, 6.07) is 3.94. The number of rotatable bonds is 3. The Labute approximate surface area is 156 Å². The van der Waals surface area contributed by atoms with Gasteiger partial charge in [-0.2, -0.15) is 0 Å². The van der Waals surface area contributed by atoms with Crippen molar-refractivity contribution in [1.29, 1.82) is 0 Å². The second kappa shape index (κ2) is 7.49. The summed E-state index contributed by atoms with van der Waals surface area (Å²) in [5.74, 6) is 0.380. The summed E-state index contributed by atoms with van der Waals surface area (Å²) in [4.78, 5) is 17.9. The van der Waals surface area contributed by atoms with Gasteiger partial charge in [-0.15, -0.1) is 11.3 Å². The molecule has 0 aliphatic heterocycles. The molecule has 1 aliphatic carbocycles. The molecule has 25 heavy (non-hydrogen) atoms. The predicted molar refractivity (Wildman–Crippen MR) is 106 cm³/mol. The number of anilines is 2. The first kappa shape index (κ1) is 17.8. The predicted octanol–water partition coefficient (Wildman–Crippen LogP) is 4.23. The number of carbonyl (C=O) groups excluding carboxylic acids is 1. The van der Waals surface area contributed by atoms with Gasteiger partial charge >= 0.3 is 5.97 Å². The molecular formula is C18H21N3O2S2. The lowest BCUT2D eigenvalue weighted by Crippen LogP contribution is -2.21. The highest BCUT2D eigenvalue weighted by molar-refractivity contribution is 7.80. The van der Waals surface area contributed by atoms with Crippen molar-refractivity contribution in [2.75, 3.05) is 17.7 Å². The Kier molecular flexibility index (Phi) is 5.34. The fourth-order valence-electron chi connectivity index (χ4n) is 3.13. The third-order valence-corrected chi connectivity index (χ3v) is 5.54. The molecule has 2 aromatic rings. The molecule has 0 saturated carbocycles. The Morgan fingerprint density at radius 2 is 2.00 bits per heavy atom. The number of pyridine rings is 1. The van der Waals surface area contributed by atoms with E-state index in [9.17, 15) is 4.79 Å². The van der Waals surface area contributed by atoms with Gasteiger partial charge in [-0.05, 0) is 75.0 Å². The minimum absolute atomic E-state index is 0.311. The molecule has 0 unspecified atom stereocenters. The summed E-state index contributed by atoms with van der Waals surface area (Å²) < 4.78 is 4.98. The summed E-state index contributed by atoms with van der Waals surface area (Å²) in [6.45, 7) is 3.95. The van der Waals surface area contributed by atoms with Gasteiger partial charge in [-0.1, -0.05) is 0 Å². The lowest BCUT2D eigenvalue weighted by molar-refractivity contribution is 0.0601. The molecule has 0 fully saturated rings.